The lowest BCUT2D eigenvalue weighted by atomic mass is 10.1. The normalized spacial score (nSPS) is 18.1. The molecule has 1 aliphatic heterocycles. The topological polar surface area (TPSA) is 59.6 Å². The highest BCUT2D eigenvalue weighted by Crippen LogP contribution is 2.32. The predicted molar refractivity (Wildman–Crippen MR) is 68.4 cm³/mol. The van der Waals surface area contributed by atoms with Gasteiger partial charge in [-0.1, -0.05) is 6.07 Å². The molecule has 110 valence electrons. The van der Waals surface area contributed by atoms with E-state index in [0.717, 1.165) is 13.0 Å². The van der Waals surface area contributed by atoms with Crippen LogP contribution >= 0.6 is 0 Å². The number of rotatable bonds is 5. The first kappa shape index (κ1) is 14.5. The van der Waals surface area contributed by atoms with Crippen LogP contribution in [0.25, 0.3) is 0 Å². The largest absolute Gasteiger partial charge is 0.493 e. The van der Waals surface area contributed by atoms with E-state index in [0.29, 0.717) is 6.54 Å². The second kappa shape index (κ2) is 6.51. The van der Waals surface area contributed by atoms with Gasteiger partial charge in [0, 0.05) is 12.6 Å². The summed E-state index contributed by atoms with van der Waals surface area (Å²) >= 11 is 0. The van der Waals surface area contributed by atoms with Gasteiger partial charge in [0.1, 0.15) is 0 Å². The molecule has 1 heterocycles. The van der Waals surface area contributed by atoms with E-state index in [1.54, 1.807) is 6.07 Å². The van der Waals surface area contributed by atoms with Crippen molar-refractivity contribution >= 4 is 5.91 Å². The van der Waals surface area contributed by atoms with Crippen molar-refractivity contribution in [3.8, 4) is 11.5 Å². The van der Waals surface area contributed by atoms with Crippen LogP contribution in [0.1, 0.15) is 16.8 Å². The van der Waals surface area contributed by atoms with Gasteiger partial charge in [-0.2, -0.15) is 8.78 Å². The van der Waals surface area contributed by atoms with Crippen LogP contribution in [0.5, 0.6) is 11.5 Å². The number of hydrogen-bond acceptors (Lipinski definition) is 4. The number of para-hydroxylation sites is 1. The first-order valence-corrected chi connectivity index (χ1v) is 6.25. The van der Waals surface area contributed by atoms with E-state index in [1.165, 1.54) is 19.2 Å². The molecule has 7 heteroatoms. The van der Waals surface area contributed by atoms with Crippen LogP contribution in [0.2, 0.25) is 0 Å². The number of halogens is 2. The van der Waals surface area contributed by atoms with Crippen molar-refractivity contribution in [3.05, 3.63) is 23.8 Å². The highest BCUT2D eigenvalue weighted by molar-refractivity contribution is 5.98. The monoisotopic (exact) mass is 286 g/mol. The van der Waals surface area contributed by atoms with Gasteiger partial charge in [-0.3, -0.25) is 4.79 Å². The molecule has 1 aromatic carbocycles. The van der Waals surface area contributed by atoms with E-state index in [9.17, 15) is 13.6 Å². The fraction of sp³-hybridized carbons (Fsp3) is 0.462. The van der Waals surface area contributed by atoms with Crippen molar-refractivity contribution in [2.45, 2.75) is 19.1 Å². The highest BCUT2D eigenvalue weighted by atomic mass is 19.3. The average Bonchev–Trinajstić information content (AvgIpc) is 2.91. The quantitative estimate of drug-likeness (QED) is 0.858. The summed E-state index contributed by atoms with van der Waals surface area (Å²) in [7, 11) is 1.33. The minimum absolute atomic E-state index is 0.00639. The van der Waals surface area contributed by atoms with Crippen LogP contribution in [0.15, 0.2) is 18.2 Å². The number of ether oxygens (including phenoxy) is 2. The first-order chi connectivity index (χ1) is 9.61. The third-order valence-corrected chi connectivity index (χ3v) is 3.05. The summed E-state index contributed by atoms with van der Waals surface area (Å²) in [6.07, 6.45) is 0.806. The lowest BCUT2D eigenvalue weighted by molar-refractivity contribution is -0.0515. The lowest BCUT2D eigenvalue weighted by Gasteiger charge is -2.16. The van der Waals surface area contributed by atoms with Gasteiger partial charge < -0.3 is 20.1 Å². The first-order valence-electron chi connectivity index (χ1n) is 6.25. The molecule has 1 atom stereocenters. The molecule has 0 spiro atoms. The molecular weight excluding hydrogens is 270 g/mol. The number of carbonyl (C=O) groups is 1. The van der Waals surface area contributed by atoms with Crippen molar-refractivity contribution in [3.63, 3.8) is 0 Å². The van der Waals surface area contributed by atoms with E-state index in [2.05, 4.69) is 15.4 Å². The zero-order chi connectivity index (χ0) is 14.5. The molecule has 1 amide bonds. The van der Waals surface area contributed by atoms with Crippen molar-refractivity contribution in [2.75, 3.05) is 20.2 Å². The van der Waals surface area contributed by atoms with Gasteiger partial charge in [0.15, 0.2) is 11.5 Å². The molecule has 1 aromatic rings. The minimum atomic E-state index is -3.02. The van der Waals surface area contributed by atoms with Crippen LogP contribution in [0.4, 0.5) is 8.78 Å². The maximum Gasteiger partial charge on any atom is 0.387 e. The molecule has 2 rings (SSSR count). The van der Waals surface area contributed by atoms with Gasteiger partial charge in [0.2, 0.25) is 0 Å². The number of hydrogen-bond donors (Lipinski definition) is 2. The third-order valence-electron chi connectivity index (χ3n) is 3.05. The molecule has 1 unspecified atom stereocenters. The van der Waals surface area contributed by atoms with Crippen LogP contribution in [0, 0.1) is 0 Å². The number of methoxy groups -OCH3 is 1. The summed E-state index contributed by atoms with van der Waals surface area (Å²) in [5.41, 5.74) is 0.0385. The second-order valence-electron chi connectivity index (χ2n) is 4.38. The Morgan fingerprint density at radius 1 is 1.50 bits per heavy atom. The molecule has 20 heavy (non-hydrogen) atoms. The van der Waals surface area contributed by atoms with Crippen LogP contribution < -0.4 is 20.1 Å². The third kappa shape index (κ3) is 3.36. The fourth-order valence-electron chi connectivity index (χ4n) is 2.11. The van der Waals surface area contributed by atoms with E-state index in [1.807, 2.05) is 0 Å². The number of carbonyl (C=O) groups excluding carboxylic acids is 1. The van der Waals surface area contributed by atoms with Crippen LogP contribution in [0.3, 0.4) is 0 Å². The molecule has 1 aliphatic rings. The minimum Gasteiger partial charge on any atom is -0.493 e. The number of alkyl halides is 2. The Hall–Kier alpha value is -1.89. The fourth-order valence-corrected chi connectivity index (χ4v) is 2.11. The van der Waals surface area contributed by atoms with E-state index < -0.39 is 12.5 Å². The Balaban J connectivity index is 2.22. The van der Waals surface area contributed by atoms with E-state index in [4.69, 9.17) is 4.74 Å². The zero-order valence-electron chi connectivity index (χ0n) is 11.0. The molecule has 0 aromatic heterocycles. The van der Waals surface area contributed by atoms with Crippen LogP contribution in [-0.4, -0.2) is 38.8 Å². The Labute approximate surface area is 115 Å². The Bertz CT molecular complexity index is 477. The standard InChI is InChI=1S/C13H16F2N2O3/c1-19-10-4-2-3-9(11(10)20-13(14)15)12(18)17-8-5-6-16-7-8/h2-4,8,13,16H,5-7H2,1H3,(H,17,18). The molecule has 0 radical (unpaired) electrons. The summed E-state index contributed by atoms with van der Waals surface area (Å²) in [6, 6.07) is 4.44. The molecule has 0 saturated carbocycles. The number of amides is 1. The molecule has 5 nitrogen and oxygen atoms in total. The van der Waals surface area contributed by atoms with Crippen molar-refractivity contribution in [1.29, 1.82) is 0 Å². The average molecular weight is 286 g/mol. The number of benzene rings is 1. The van der Waals surface area contributed by atoms with Gasteiger partial charge in [0.05, 0.1) is 12.7 Å². The Morgan fingerprint density at radius 2 is 2.30 bits per heavy atom. The van der Waals surface area contributed by atoms with E-state index >= 15 is 0 Å². The Morgan fingerprint density at radius 3 is 2.90 bits per heavy atom. The van der Waals surface area contributed by atoms with Gasteiger partial charge >= 0.3 is 6.61 Å². The van der Waals surface area contributed by atoms with Crippen molar-refractivity contribution in [2.24, 2.45) is 0 Å². The molecule has 1 saturated heterocycles. The summed E-state index contributed by atoms with van der Waals surface area (Å²) in [4.78, 5) is 12.2. The van der Waals surface area contributed by atoms with Crippen LogP contribution in [-0.2, 0) is 0 Å². The van der Waals surface area contributed by atoms with E-state index in [-0.39, 0.29) is 23.1 Å². The van der Waals surface area contributed by atoms with Gasteiger partial charge in [-0.15, -0.1) is 0 Å². The van der Waals surface area contributed by atoms with Crippen molar-refractivity contribution < 1.29 is 23.0 Å². The predicted octanol–water partition coefficient (Wildman–Crippen LogP) is 1.39. The summed E-state index contributed by atoms with van der Waals surface area (Å²) in [6.45, 7) is -1.53. The summed E-state index contributed by atoms with van der Waals surface area (Å²) < 4.78 is 34.3. The van der Waals surface area contributed by atoms with Gasteiger partial charge in [0.25, 0.3) is 5.91 Å². The molecule has 2 N–H and O–H groups in total. The molecule has 0 aliphatic carbocycles. The highest BCUT2D eigenvalue weighted by Gasteiger charge is 2.23. The zero-order valence-corrected chi connectivity index (χ0v) is 11.0. The lowest BCUT2D eigenvalue weighted by Crippen LogP contribution is -2.36. The molecule has 0 bridgehead atoms. The second-order valence-corrected chi connectivity index (χ2v) is 4.38. The summed E-state index contributed by atoms with van der Waals surface area (Å²) in [5, 5.41) is 5.89. The SMILES string of the molecule is COc1cccc(C(=O)NC2CCNC2)c1OC(F)F. The van der Waals surface area contributed by atoms with Crippen molar-refractivity contribution in [1.82, 2.24) is 10.6 Å². The number of nitrogens with one attached hydrogen (secondary N) is 2. The smallest absolute Gasteiger partial charge is 0.387 e. The Kier molecular flexibility index (Phi) is 4.73. The van der Waals surface area contributed by atoms with Gasteiger partial charge in [-0.25, -0.2) is 0 Å². The molecule has 1 fully saturated rings. The summed E-state index contributed by atoms with van der Waals surface area (Å²) in [5.74, 6) is -0.593. The maximum absolute atomic E-state index is 12.5. The molecular formula is C13H16F2N2O3. The maximum atomic E-state index is 12.5. The van der Waals surface area contributed by atoms with Gasteiger partial charge in [-0.05, 0) is 25.1 Å².